The van der Waals surface area contributed by atoms with E-state index in [0.717, 1.165) is 30.9 Å². The van der Waals surface area contributed by atoms with E-state index in [9.17, 15) is 0 Å². The van der Waals surface area contributed by atoms with Gasteiger partial charge in [0.25, 0.3) is 0 Å². The molecule has 1 aromatic heterocycles. The number of hydrogen-bond acceptors (Lipinski definition) is 5. The van der Waals surface area contributed by atoms with Gasteiger partial charge in [-0.2, -0.15) is 4.68 Å². The van der Waals surface area contributed by atoms with Gasteiger partial charge in [-0.1, -0.05) is 25.1 Å². The van der Waals surface area contributed by atoms with E-state index in [-0.39, 0.29) is 0 Å². The fourth-order valence-electron chi connectivity index (χ4n) is 2.02. The number of aromatic nitrogens is 4. The quantitative estimate of drug-likeness (QED) is 0.737. The molecule has 0 aliphatic carbocycles. The topological polar surface area (TPSA) is 64.9 Å². The van der Waals surface area contributed by atoms with Crippen LogP contribution in [0.2, 0.25) is 0 Å². The molecule has 0 radical (unpaired) electrons. The Balaban J connectivity index is 2.20. The van der Waals surface area contributed by atoms with Crippen molar-refractivity contribution in [2.45, 2.75) is 26.3 Å². The second kappa shape index (κ2) is 7.72. The lowest BCUT2D eigenvalue weighted by atomic mass is 10.1. The third kappa shape index (κ3) is 3.61. The summed E-state index contributed by atoms with van der Waals surface area (Å²) in [5.41, 5.74) is 2.20. The Kier molecular flexibility index (Phi) is 5.64. The summed E-state index contributed by atoms with van der Waals surface area (Å²) in [7, 11) is 1.71. The van der Waals surface area contributed by atoms with E-state index in [1.165, 1.54) is 5.56 Å². The lowest BCUT2D eigenvalue weighted by Gasteiger charge is -2.10. The molecular weight excluding hydrogens is 254 g/mol. The normalized spacial score (nSPS) is 10.9. The molecule has 2 rings (SSSR count). The van der Waals surface area contributed by atoms with Crippen LogP contribution < -0.4 is 5.32 Å². The first-order valence-corrected chi connectivity index (χ1v) is 6.92. The second-order valence-electron chi connectivity index (χ2n) is 4.56. The minimum atomic E-state index is 0.666. The molecule has 0 aliphatic rings. The largest absolute Gasteiger partial charge is 0.384 e. The third-order valence-electron chi connectivity index (χ3n) is 3.04. The first kappa shape index (κ1) is 14.6. The smallest absolute Gasteiger partial charge is 0.170 e. The number of methoxy groups -OCH3 is 1. The van der Waals surface area contributed by atoms with Crippen molar-refractivity contribution in [1.29, 1.82) is 0 Å². The SMILES string of the molecule is CCCNCc1nnnn1-c1ccccc1CCOC. The molecule has 20 heavy (non-hydrogen) atoms. The number of nitrogens with one attached hydrogen (secondary N) is 1. The summed E-state index contributed by atoms with van der Waals surface area (Å²) in [6.07, 6.45) is 1.93. The van der Waals surface area contributed by atoms with Gasteiger partial charge in [-0.3, -0.25) is 0 Å². The molecule has 0 spiro atoms. The number of rotatable bonds is 8. The summed E-state index contributed by atoms with van der Waals surface area (Å²) in [4.78, 5) is 0. The van der Waals surface area contributed by atoms with E-state index in [2.05, 4.69) is 33.8 Å². The number of hydrogen-bond donors (Lipinski definition) is 1. The molecule has 0 amide bonds. The van der Waals surface area contributed by atoms with Crippen molar-refractivity contribution in [3.63, 3.8) is 0 Å². The van der Waals surface area contributed by atoms with Crippen molar-refractivity contribution in [3.8, 4) is 5.69 Å². The fourth-order valence-corrected chi connectivity index (χ4v) is 2.02. The molecular formula is C14H21N5O. The molecule has 0 unspecified atom stereocenters. The standard InChI is InChI=1S/C14H21N5O/c1-3-9-15-11-14-16-17-18-19(14)13-7-5-4-6-12(13)8-10-20-2/h4-7,15H,3,8-11H2,1-2H3. The molecule has 1 N–H and O–H groups in total. The highest BCUT2D eigenvalue weighted by molar-refractivity contribution is 5.40. The predicted molar refractivity (Wildman–Crippen MR) is 76.7 cm³/mol. The maximum atomic E-state index is 5.15. The summed E-state index contributed by atoms with van der Waals surface area (Å²) >= 11 is 0. The molecule has 6 heteroatoms. The van der Waals surface area contributed by atoms with Gasteiger partial charge in [0.15, 0.2) is 5.82 Å². The number of ether oxygens (including phenoxy) is 1. The Morgan fingerprint density at radius 1 is 1.30 bits per heavy atom. The molecule has 0 aliphatic heterocycles. The van der Waals surface area contributed by atoms with Gasteiger partial charge in [-0.25, -0.2) is 0 Å². The molecule has 108 valence electrons. The van der Waals surface area contributed by atoms with Gasteiger partial charge < -0.3 is 10.1 Å². The Hall–Kier alpha value is -1.79. The molecule has 2 aromatic rings. The van der Waals surface area contributed by atoms with Crippen molar-refractivity contribution >= 4 is 0 Å². The van der Waals surface area contributed by atoms with Crippen LogP contribution >= 0.6 is 0 Å². The van der Waals surface area contributed by atoms with Gasteiger partial charge in [0, 0.05) is 7.11 Å². The molecule has 0 saturated heterocycles. The van der Waals surface area contributed by atoms with Crippen molar-refractivity contribution in [3.05, 3.63) is 35.7 Å². The Labute approximate surface area is 119 Å². The lowest BCUT2D eigenvalue weighted by Crippen LogP contribution is -2.18. The van der Waals surface area contributed by atoms with Crippen molar-refractivity contribution < 1.29 is 4.74 Å². The average Bonchev–Trinajstić information content (AvgIpc) is 2.94. The number of tetrazole rings is 1. The zero-order valence-electron chi connectivity index (χ0n) is 12.0. The van der Waals surface area contributed by atoms with Crippen LogP contribution in [0.5, 0.6) is 0 Å². The van der Waals surface area contributed by atoms with Gasteiger partial charge in [-0.15, -0.1) is 5.10 Å². The highest BCUT2D eigenvalue weighted by Crippen LogP contribution is 2.15. The molecule has 0 fully saturated rings. The molecule has 1 aromatic carbocycles. The summed E-state index contributed by atoms with van der Waals surface area (Å²) in [5, 5.41) is 15.3. The monoisotopic (exact) mass is 275 g/mol. The van der Waals surface area contributed by atoms with Crippen molar-refractivity contribution in [2.24, 2.45) is 0 Å². The van der Waals surface area contributed by atoms with Crippen LogP contribution in [0.15, 0.2) is 24.3 Å². The Morgan fingerprint density at radius 2 is 2.15 bits per heavy atom. The minimum absolute atomic E-state index is 0.666. The van der Waals surface area contributed by atoms with Crippen LogP contribution in [0.4, 0.5) is 0 Å². The third-order valence-corrected chi connectivity index (χ3v) is 3.04. The molecule has 1 heterocycles. The number of benzene rings is 1. The highest BCUT2D eigenvalue weighted by atomic mass is 16.5. The molecule has 0 saturated carbocycles. The van der Waals surface area contributed by atoms with Crippen LogP contribution in [0.25, 0.3) is 5.69 Å². The maximum Gasteiger partial charge on any atom is 0.170 e. The lowest BCUT2D eigenvalue weighted by molar-refractivity contribution is 0.202. The zero-order valence-corrected chi connectivity index (χ0v) is 12.0. The number of nitrogens with zero attached hydrogens (tertiary/aromatic N) is 4. The van der Waals surface area contributed by atoms with E-state index in [1.807, 2.05) is 18.2 Å². The van der Waals surface area contributed by atoms with Crippen molar-refractivity contribution in [2.75, 3.05) is 20.3 Å². The van der Waals surface area contributed by atoms with E-state index in [1.54, 1.807) is 11.8 Å². The van der Waals surface area contributed by atoms with E-state index in [0.29, 0.717) is 13.2 Å². The summed E-state index contributed by atoms with van der Waals surface area (Å²) < 4.78 is 6.95. The van der Waals surface area contributed by atoms with Crippen molar-refractivity contribution in [1.82, 2.24) is 25.5 Å². The van der Waals surface area contributed by atoms with E-state index < -0.39 is 0 Å². The highest BCUT2D eigenvalue weighted by Gasteiger charge is 2.11. The minimum Gasteiger partial charge on any atom is -0.384 e. The number of para-hydroxylation sites is 1. The van der Waals surface area contributed by atoms with Crippen LogP contribution in [0.3, 0.4) is 0 Å². The Bertz CT molecular complexity index is 526. The van der Waals surface area contributed by atoms with E-state index >= 15 is 0 Å². The predicted octanol–water partition coefficient (Wildman–Crippen LogP) is 1.35. The van der Waals surface area contributed by atoms with Crippen LogP contribution in [0.1, 0.15) is 24.7 Å². The zero-order chi connectivity index (χ0) is 14.2. The molecule has 0 atom stereocenters. The fraction of sp³-hybridized carbons (Fsp3) is 0.500. The van der Waals surface area contributed by atoms with Gasteiger partial charge in [0.2, 0.25) is 0 Å². The van der Waals surface area contributed by atoms with Gasteiger partial charge in [0.1, 0.15) is 0 Å². The van der Waals surface area contributed by atoms with Crippen LogP contribution in [0, 0.1) is 0 Å². The second-order valence-corrected chi connectivity index (χ2v) is 4.56. The van der Waals surface area contributed by atoms with E-state index in [4.69, 9.17) is 4.74 Å². The van der Waals surface area contributed by atoms with Gasteiger partial charge in [-0.05, 0) is 41.4 Å². The van der Waals surface area contributed by atoms with Crippen LogP contribution in [-0.4, -0.2) is 40.5 Å². The van der Waals surface area contributed by atoms with Gasteiger partial charge >= 0.3 is 0 Å². The molecule has 0 bridgehead atoms. The summed E-state index contributed by atoms with van der Waals surface area (Å²) in [6.45, 7) is 4.44. The maximum absolute atomic E-state index is 5.15. The average molecular weight is 275 g/mol. The Morgan fingerprint density at radius 3 is 2.95 bits per heavy atom. The summed E-state index contributed by atoms with van der Waals surface area (Å²) in [5.74, 6) is 0.823. The first-order chi connectivity index (χ1) is 9.86. The van der Waals surface area contributed by atoms with Gasteiger partial charge in [0.05, 0.1) is 18.8 Å². The molecule has 6 nitrogen and oxygen atoms in total. The summed E-state index contributed by atoms with van der Waals surface area (Å²) in [6, 6.07) is 8.13. The first-order valence-electron chi connectivity index (χ1n) is 6.92. The van der Waals surface area contributed by atoms with Crippen LogP contribution in [-0.2, 0) is 17.7 Å².